The molecule has 1 heterocycles. The van der Waals surface area contributed by atoms with Gasteiger partial charge in [-0.25, -0.2) is 9.18 Å². The number of urea groups is 1. The van der Waals surface area contributed by atoms with E-state index in [-0.39, 0.29) is 29.5 Å². The Hall–Kier alpha value is -1.79. The van der Waals surface area contributed by atoms with Gasteiger partial charge >= 0.3 is 6.03 Å². The standard InChI is InChI=1S/C17H19Cl2FN4O/c18-13-7-4-8-15(20)12(13)9-24-10-14(19)16(23-24)22-17(25)21-11-5-2-1-3-6-11/h4,7-8,10-11H,1-3,5-6,9H2,(H2,21,22,23,25). The Balaban J connectivity index is 1.64. The Morgan fingerprint density at radius 1 is 1.24 bits per heavy atom. The van der Waals surface area contributed by atoms with Crippen molar-refractivity contribution in [2.45, 2.75) is 44.7 Å². The first-order valence-corrected chi connectivity index (χ1v) is 9.02. The van der Waals surface area contributed by atoms with Crippen LogP contribution in [-0.4, -0.2) is 21.9 Å². The molecule has 1 saturated carbocycles. The van der Waals surface area contributed by atoms with Crippen LogP contribution in [0.15, 0.2) is 24.4 Å². The van der Waals surface area contributed by atoms with Crippen LogP contribution in [0.2, 0.25) is 10.0 Å². The highest BCUT2D eigenvalue weighted by molar-refractivity contribution is 6.33. The summed E-state index contributed by atoms with van der Waals surface area (Å²) in [4.78, 5) is 12.1. The van der Waals surface area contributed by atoms with E-state index in [9.17, 15) is 9.18 Å². The zero-order valence-corrected chi connectivity index (χ0v) is 15.1. The van der Waals surface area contributed by atoms with Gasteiger partial charge in [0, 0.05) is 22.8 Å². The van der Waals surface area contributed by atoms with Crippen LogP contribution in [0.25, 0.3) is 0 Å². The zero-order valence-electron chi connectivity index (χ0n) is 13.6. The second-order valence-corrected chi connectivity index (χ2v) is 6.97. The lowest BCUT2D eigenvalue weighted by atomic mass is 9.96. The fourth-order valence-electron chi connectivity index (χ4n) is 2.98. The molecule has 0 aliphatic heterocycles. The van der Waals surface area contributed by atoms with Gasteiger partial charge in [-0.05, 0) is 25.0 Å². The van der Waals surface area contributed by atoms with Crippen LogP contribution in [0.4, 0.5) is 15.0 Å². The van der Waals surface area contributed by atoms with Gasteiger partial charge in [-0.1, -0.05) is 48.5 Å². The predicted octanol–water partition coefficient (Wildman–Crippen LogP) is 4.83. The van der Waals surface area contributed by atoms with Gasteiger partial charge in [0.2, 0.25) is 0 Å². The van der Waals surface area contributed by atoms with Crippen LogP contribution in [0.1, 0.15) is 37.7 Å². The van der Waals surface area contributed by atoms with E-state index in [0.29, 0.717) is 10.6 Å². The molecule has 0 unspecified atom stereocenters. The Kier molecular flexibility index (Phi) is 5.81. The molecule has 134 valence electrons. The van der Waals surface area contributed by atoms with Crippen molar-refractivity contribution >= 4 is 35.1 Å². The number of amides is 2. The number of aromatic nitrogens is 2. The maximum atomic E-state index is 13.9. The second kappa shape index (κ2) is 8.06. The Morgan fingerprint density at radius 3 is 2.72 bits per heavy atom. The van der Waals surface area contributed by atoms with E-state index in [4.69, 9.17) is 23.2 Å². The summed E-state index contributed by atoms with van der Waals surface area (Å²) in [5.74, 6) is -0.175. The predicted molar refractivity (Wildman–Crippen MR) is 96.8 cm³/mol. The van der Waals surface area contributed by atoms with Crippen LogP contribution in [0.5, 0.6) is 0 Å². The smallest absolute Gasteiger partial charge is 0.320 e. The molecule has 0 saturated heterocycles. The second-order valence-electron chi connectivity index (χ2n) is 6.16. The molecule has 2 aromatic rings. The lowest BCUT2D eigenvalue weighted by Crippen LogP contribution is -2.39. The van der Waals surface area contributed by atoms with Gasteiger partial charge in [-0.2, -0.15) is 5.10 Å². The monoisotopic (exact) mass is 384 g/mol. The molecule has 0 bridgehead atoms. The number of hydrogen-bond acceptors (Lipinski definition) is 2. The molecule has 2 amide bonds. The van der Waals surface area contributed by atoms with Gasteiger partial charge in [-0.3, -0.25) is 10.00 Å². The van der Waals surface area contributed by atoms with Crippen molar-refractivity contribution in [2.75, 3.05) is 5.32 Å². The summed E-state index contributed by atoms with van der Waals surface area (Å²) in [6, 6.07) is 4.35. The molecule has 0 spiro atoms. The van der Waals surface area contributed by atoms with Gasteiger partial charge < -0.3 is 5.32 Å². The van der Waals surface area contributed by atoms with Crippen molar-refractivity contribution in [1.82, 2.24) is 15.1 Å². The van der Waals surface area contributed by atoms with Crippen LogP contribution in [0.3, 0.4) is 0 Å². The topological polar surface area (TPSA) is 59.0 Å². The molecule has 1 aromatic heterocycles. The van der Waals surface area contributed by atoms with Gasteiger partial charge in [0.25, 0.3) is 0 Å². The molecule has 1 aliphatic carbocycles. The summed E-state index contributed by atoms with van der Waals surface area (Å²) >= 11 is 12.1. The molecule has 3 rings (SSSR count). The minimum Gasteiger partial charge on any atom is -0.335 e. The van der Waals surface area contributed by atoms with Gasteiger partial charge in [-0.15, -0.1) is 0 Å². The van der Waals surface area contributed by atoms with E-state index < -0.39 is 5.82 Å². The largest absolute Gasteiger partial charge is 0.335 e. The molecule has 1 aromatic carbocycles. The average molecular weight is 385 g/mol. The number of halogens is 3. The summed E-state index contributed by atoms with van der Waals surface area (Å²) in [6.45, 7) is 0.122. The number of hydrogen-bond donors (Lipinski definition) is 2. The van der Waals surface area contributed by atoms with E-state index >= 15 is 0 Å². The van der Waals surface area contributed by atoms with Crippen LogP contribution >= 0.6 is 23.2 Å². The third-order valence-corrected chi connectivity index (χ3v) is 4.90. The van der Waals surface area contributed by atoms with Crippen molar-refractivity contribution < 1.29 is 9.18 Å². The van der Waals surface area contributed by atoms with Crippen molar-refractivity contribution in [1.29, 1.82) is 0 Å². The Labute approximate surface area is 155 Å². The van der Waals surface area contributed by atoms with Crippen molar-refractivity contribution in [3.8, 4) is 0 Å². The Morgan fingerprint density at radius 2 is 2.00 bits per heavy atom. The fourth-order valence-corrected chi connectivity index (χ4v) is 3.40. The van der Waals surface area contributed by atoms with Gasteiger partial charge in [0.15, 0.2) is 5.82 Å². The number of nitrogens with one attached hydrogen (secondary N) is 2. The zero-order chi connectivity index (χ0) is 17.8. The minimum absolute atomic E-state index is 0.122. The van der Waals surface area contributed by atoms with Crippen molar-refractivity contribution in [2.24, 2.45) is 0 Å². The quantitative estimate of drug-likeness (QED) is 0.792. The first kappa shape index (κ1) is 18.0. The first-order chi connectivity index (χ1) is 12.0. The van der Waals surface area contributed by atoms with Crippen LogP contribution in [0, 0.1) is 5.82 Å². The van der Waals surface area contributed by atoms with E-state index in [2.05, 4.69) is 15.7 Å². The van der Waals surface area contributed by atoms with Crippen molar-refractivity contribution in [3.63, 3.8) is 0 Å². The molecule has 1 aliphatic rings. The van der Waals surface area contributed by atoms with Crippen molar-refractivity contribution in [3.05, 3.63) is 45.8 Å². The highest BCUT2D eigenvalue weighted by atomic mass is 35.5. The molecule has 2 N–H and O–H groups in total. The lowest BCUT2D eigenvalue weighted by molar-refractivity contribution is 0.244. The number of benzene rings is 1. The summed E-state index contributed by atoms with van der Waals surface area (Å²) in [5.41, 5.74) is 0.321. The minimum atomic E-state index is -0.413. The number of carbonyl (C=O) groups excluding carboxylic acids is 1. The number of anilines is 1. The fraction of sp³-hybridized carbons (Fsp3) is 0.412. The van der Waals surface area contributed by atoms with E-state index in [1.54, 1.807) is 12.1 Å². The van der Waals surface area contributed by atoms with Crippen LogP contribution < -0.4 is 10.6 Å². The Bertz CT molecular complexity index is 739. The summed E-state index contributed by atoms with van der Waals surface area (Å²) in [6.07, 6.45) is 6.98. The molecule has 1 fully saturated rings. The molecule has 0 atom stereocenters. The number of nitrogens with zero attached hydrogens (tertiary/aromatic N) is 2. The van der Waals surface area contributed by atoms with E-state index in [0.717, 1.165) is 25.7 Å². The normalized spacial score (nSPS) is 15.2. The highest BCUT2D eigenvalue weighted by Crippen LogP contribution is 2.24. The molecular weight excluding hydrogens is 366 g/mol. The van der Waals surface area contributed by atoms with E-state index in [1.807, 2.05) is 0 Å². The third kappa shape index (κ3) is 4.64. The summed E-state index contributed by atoms with van der Waals surface area (Å²) in [5, 5.41) is 10.4. The SMILES string of the molecule is O=C(Nc1nn(Cc2c(F)cccc2Cl)cc1Cl)NC1CCCCC1. The molecule has 0 radical (unpaired) electrons. The third-order valence-electron chi connectivity index (χ3n) is 4.27. The lowest BCUT2D eigenvalue weighted by Gasteiger charge is -2.22. The molecule has 8 heteroatoms. The summed E-state index contributed by atoms with van der Waals surface area (Å²) < 4.78 is 15.3. The van der Waals surface area contributed by atoms with E-state index in [1.165, 1.54) is 23.4 Å². The molecule has 5 nitrogen and oxygen atoms in total. The summed E-state index contributed by atoms with van der Waals surface area (Å²) in [7, 11) is 0. The number of carbonyl (C=O) groups is 1. The maximum absolute atomic E-state index is 13.9. The average Bonchev–Trinajstić information content (AvgIpc) is 2.91. The maximum Gasteiger partial charge on any atom is 0.320 e. The molecular formula is C17H19Cl2FN4O. The number of rotatable bonds is 4. The van der Waals surface area contributed by atoms with Gasteiger partial charge in [0.1, 0.15) is 10.8 Å². The van der Waals surface area contributed by atoms with Crippen LogP contribution in [-0.2, 0) is 6.54 Å². The first-order valence-electron chi connectivity index (χ1n) is 8.26. The highest BCUT2D eigenvalue weighted by Gasteiger charge is 2.18. The van der Waals surface area contributed by atoms with Gasteiger partial charge in [0.05, 0.1) is 6.54 Å². The molecule has 25 heavy (non-hydrogen) atoms.